The van der Waals surface area contributed by atoms with Gasteiger partial charge in [0.1, 0.15) is 11.9 Å². The van der Waals surface area contributed by atoms with Gasteiger partial charge in [-0.3, -0.25) is 9.78 Å². The van der Waals surface area contributed by atoms with E-state index in [1.165, 1.54) is 0 Å². The maximum absolute atomic E-state index is 12.5. The molecular weight excluding hydrogens is 356 g/mol. The normalized spacial score (nSPS) is 16.4. The molecule has 2 aromatic carbocycles. The highest BCUT2D eigenvalue weighted by molar-refractivity contribution is 5.95. The summed E-state index contributed by atoms with van der Waals surface area (Å²) in [5, 5.41) is 2.96. The third-order valence-electron chi connectivity index (χ3n) is 4.95. The zero-order valence-corrected chi connectivity index (χ0v) is 15.1. The summed E-state index contributed by atoms with van der Waals surface area (Å²) in [6.07, 6.45) is 4.20. The topological polar surface area (TPSA) is 69.7 Å². The van der Waals surface area contributed by atoms with E-state index in [0.29, 0.717) is 23.6 Å². The number of amides is 1. The molecule has 6 nitrogen and oxygen atoms in total. The molecule has 1 atom stereocenters. The van der Waals surface area contributed by atoms with Crippen LogP contribution in [0.2, 0.25) is 0 Å². The Hall–Kier alpha value is -3.54. The number of benzene rings is 2. The van der Waals surface area contributed by atoms with Crippen LogP contribution in [0.4, 0.5) is 0 Å². The molecule has 1 amide bonds. The number of para-hydroxylation sites is 1. The Morgan fingerprint density at radius 3 is 2.82 bits per heavy atom. The van der Waals surface area contributed by atoms with Crippen LogP contribution in [0.3, 0.4) is 0 Å². The molecule has 0 saturated heterocycles. The third-order valence-corrected chi connectivity index (χ3v) is 4.95. The standard InChI is InChI=1S/C22H18N2O4/c25-22(16-4-5-19-20(11-16)27-13-26-19)24-12-17-10-15-2-1-3-18(21(15)28-17)14-6-8-23-9-7-14/h1-9,11,17H,10,12-13H2,(H,24,25)/t17-/m1/s1. The Bertz CT molecular complexity index is 1040. The summed E-state index contributed by atoms with van der Waals surface area (Å²) in [5.74, 6) is 1.98. The molecule has 0 unspecified atom stereocenters. The number of hydrogen-bond donors (Lipinski definition) is 1. The molecule has 5 rings (SSSR count). The van der Waals surface area contributed by atoms with E-state index in [4.69, 9.17) is 14.2 Å². The minimum absolute atomic E-state index is 0.101. The molecule has 0 fully saturated rings. The van der Waals surface area contributed by atoms with Crippen LogP contribution >= 0.6 is 0 Å². The van der Waals surface area contributed by atoms with E-state index in [2.05, 4.69) is 16.4 Å². The molecule has 0 aliphatic carbocycles. The lowest BCUT2D eigenvalue weighted by molar-refractivity contribution is 0.0933. The van der Waals surface area contributed by atoms with Crippen LogP contribution in [0.25, 0.3) is 11.1 Å². The zero-order chi connectivity index (χ0) is 18.9. The predicted octanol–water partition coefficient (Wildman–Crippen LogP) is 3.21. The Morgan fingerprint density at radius 1 is 1.07 bits per heavy atom. The van der Waals surface area contributed by atoms with Gasteiger partial charge in [0.05, 0.1) is 6.54 Å². The van der Waals surface area contributed by atoms with Gasteiger partial charge in [-0.05, 0) is 41.5 Å². The maximum atomic E-state index is 12.5. The first-order chi connectivity index (χ1) is 13.8. The van der Waals surface area contributed by atoms with Crippen molar-refractivity contribution in [1.82, 2.24) is 10.3 Å². The van der Waals surface area contributed by atoms with Gasteiger partial charge < -0.3 is 19.5 Å². The third kappa shape index (κ3) is 3.03. The number of hydrogen-bond acceptors (Lipinski definition) is 5. The first kappa shape index (κ1) is 16.6. The lowest BCUT2D eigenvalue weighted by atomic mass is 10.0. The molecule has 2 aliphatic rings. The molecule has 0 radical (unpaired) electrons. The molecule has 0 bridgehead atoms. The van der Waals surface area contributed by atoms with Crippen LogP contribution in [0, 0.1) is 0 Å². The van der Waals surface area contributed by atoms with E-state index in [9.17, 15) is 4.79 Å². The number of aromatic nitrogens is 1. The SMILES string of the molecule is O=C(NC[C@H]1Cc2cccc(-c3ccncc3)c2O1)c1ccc2c(c1)OCO2. The van der Waals surface area contributed by atoms with E-state index in [0.717, 1.165) is 28.9 Å². The predicted molar refractivity (Wildman–Crippen MR) is 103 cm³/mol. The van der Waals surface area contributed by atoms with Crippen LogP contribution in [-0.4, -0.2) is 30.3 Å². The summed E-state index contributed by atoms with van der Waals surface area (Å²) in [6.45, 7) is 0.617. The number of carbonyl (C=O) groups excluding carboxylic acids is 1. The van der Waals surface area contributed by atoms with Gasteiger partial charge in [-0.1, -0.05) is 18.2 Å². The second kappa shape index (κ2) is 6.88. The number of rotatable bonds is 4. The molecule has 3 aromatic rings. The van der Waals surface area contributed by atoms with Crippen molar-refractivity contribution in [3.8, 4) is 28.4 Å². The van der Waals surface area contributed by atoms with Crippen molar-refractivity contribution in [3.63, 3.8) is 0 Å². The van der Waals surface area contributed by atoms with Gasteiger partial charge in [-0.25, -0.2) is 0 Å². The van der Waals surface area contributed by atoms with Gasteiger partial charge >= 0.3 is 0 Å². The van der Waals surface area contributed by atoms with Crippen LogP contribution in [0.5, 0.6) is 17.2 Å². The van der Waals surface area contributed by atoms with Crippen molar-refractivity contribution < 1.29 is 19.0 Å². The highest BCUT2D eigenvalue weighted by Gasteiger charge is 2.26. The van der Waals surface area contributed by atoms with E-state index >= 15 is 0 Å². The minimum Gasteiger partial charge on any atom is -0.487 e. The van der Waals surface area contributed by atoms with Gasteiger partial charge in [0.2, 0.25) is 6.79 Å². The summed E-state index contributed by atoms with van der Waals surface area (Å²) in [4.78, 5) is 16.6. The second-order valence-corrected chi connectivity index (χ2v) is 6.75. The molecule has 140 valence electrons. The maximum Gasteiger partial charge on any atom is 0.251 e. The Kier molecular flexibility index (Phi) is 4.09. The number of ether oxygens (including phenoxy) is 3. The molecule has 1 aromatic heterocycles. The van der Waals surface area contributed by atoms with E-state index < -0.39 is 0 Å². The molecule has 6 heteroatoms. The second-order valence-electron chi connectivity index (χ2n) is 6.75. The molecule has 2 aliphatic heterocycles. The average Bonchev–Trinajstić information content (AvgIpc) is 3.38. The van der Waals surface area contributed by atoms with Crippen molar-refractivity contribution in [2.24, 2.45) is 0 Å². The van der Waals surface area contributed by atoms with Crippen LogP contribution in [0.1, 0.15) is 15.9 Å². The number of fused-ring (bicyclic) bond motifs is 2. The highest BCUT2D eigenvalue weighted by atomic mass is 16.7. The van der Waals surface area contributed by atoms with Crippen molar-refractivity contribution in [2.45, 2.75) is 12.5 Å². The van der Waals surface area contributed by atoms with Gasteiger partial charge in [-0.15, -0.1) is 0 Å². The molecule has 28 heavy (non-hydrogen) atoms. The summed E-state index contributed by atoms with van der Waals surface area (Å²) >= 11 is 0. The quantitative estimate of drug-likeness (QED) is 0.759. The van der Waals surface area contributed by atoms with E-state index in [1.54, 1.807) is 30.6 Å². The monoisotopic (exact) mass is 374 g/mol. The van der Waals surface area contributed by atoms with Crippen LogP contribution < -0.4 is 19.5 Å². The van der Waals surface area contributed by atoms with Gasteiger partial charge in [0, 0.05) is 29.9 Å². The first-order valence-electron chi connectivity index (χ1n) is 9.15. The van der Waals surface area contributed by atoms with E-state index in [-0.39, 0.29) is 18.8 Å². The number of pyridine rings is 1. The van der Waals surface area contributed by atoms with Crippen molar-refractivity contribution in [1.29, 1.82) is 0 Å². The van der Waals surface area contributed by atoms with Crippen molar-refractivity contribution >= 4 is 5.91 Å². The average molecular weight is 374 g/mol. The first-order valence-corrected chi connectivity index (χ1v) is 9.15. The van der Waals surface area contributed by atoms with Crippen LogP contribution in [0.15, 0.2) is 60.9 Å². The van der Waals surface area contributed by atoms with Crippen molar-refractivity contribution in [3.05, 3.63) is 72.1 Å². The molecule has 0 spiro atoms. The Morgan fingerprint density at radius 2 is 1.93 bits per heavy atom. The smallest absolute Gasteiger partial charge is 0.251 e. The molecular formula is C22H18N2O4. The Balaban J connectivity index is 1.27. The fourth-order valence-corrected chi connectivity index (χ4v) is 3.56. The Labute approximate surface area is 162 Å². The zero-order valence-electron chi connectivity index (χ0n) is 15.1. The number of carbonyl (C=O) groups is 1. The summed E-state index contributed by atoms with van der Waals surface area (Å²) < 4.78 is 16.8. The summed E-state index contributed by atoms with van der Waals surface area (Å²) in [6, 6.07) is 15.3. The van der Waals surface area contributed by atoms with Gasteiger partial charge in [0.25, 0.3) is 5.91 Å². The summed E-state index contributed by atoms with van der Waals surface area (Å²) in [5.41, 5.74) is 3.80. The number of nitrogens with one attached hydrogen (secondary N) is 1. The van der Waals surface area contributed by atoms with Crippen molar-refractivity contribution in [2.75, 3.05) is 13.3 Å². The van der Waals surface area contributed by atoms with Gasteiger partial charge in [-0.2, -0.15) is 0 Å². The van der Waals surface area contributed by atoms with Crippen LogP contribution in [-0.2, 0) is 6.42 Å². The molecule has 0 saturated carbocycles. The van der Waals surface area contributed by atoms with E-state index in [1.807, 2.05) is 24.3 Å². The minimum atomic E-state index is -0.160. The largest absolute Gasteiger partial charge is 0.487 e. The fourth-order valence-electron chi connectivity index (χ4n) is 3.56. The molecule has 3 heterocycles. The number of nitrogens with zero attached hydrogens (tertiary/aromatic N) is 1. The molecule has 1 N–H and O–H groups in total. The summed E-state index contributed by atoms with van der Waals surface area (Å²) in [7, 11) is 0. The lowest BCUT2D eigenvalue weighted by Gasteiger charge is -2.14. The highest BCUT2D eigenvalue weighted by Crippen LogP contribution is 2.38. The lowest BCUT2D eigenvalue weighted by Crippen LogP contribution is -2.34. The van der Waals surface area contributed by atoms with Gasteiger partial charge in [0.15, 0.2) is 11.5 Å². The fraction of sp³-hybridized carbons (Fsp3) is 0.182.